The van der Waals surface area contributed by atoms with Crippen LogP contribution in [0.15, 0.2) is 29.3 Å². The summed E-state index contributed by atoms with van der Waals surface area (Å²) in [7, 11) is 3.44. The summed E-state index contributed by atoms with van der Waals surface area (Å²) < 4.78 is 10.8. The van der Waals surface area contributed by atoms with E-state index in [1.54, 1.807) is 14.2 Å². The minimum absolute atomic E-state index is 0. The summed E-state index contributed by atoms with van der Waals surface area (Å²) in [6.07, 6.45) is 0. The summed E-state index contributed by atoms with van der Waals surface area (Å²) in [5.74, 6) is 0.772. The predicted octanol–water partition coefficient (Wildman–Crippen LogP) is 2.93. The van der Waals surface area contributed by atoms with Gasteiger partial charge in [-0.2, -0.15) is 0 Å². The number of methoxy groups -OCH3 is 1. The summed E-state index contributed by atoms with van der Waals surface area (Å²) in [6.45, 7) is 8.92. The maximum Gasteiger partial charge on any atom is 0.191 e. The first kappa shape index (κ1) is 22.1. The van der Waals surface area contributed by atoms with Crippen LogP contribution >= 0.6 is 24.0 Å². The monoisotopic (exact) mass is 435 g/mol. The zero-order valence-electron chi connectivity index (χ0n) is 14.8. The van der Waals surface area contributed by atoms with Crippen LogP contribution in [0.2, 0.25) is 0 Å². The Bertz CT molecular complexity index is 473. The van der Waals surface area contributed by atoms with Crippen LogP contribution in [0.5, 0.6) is 0 Å². The molecule has 0 aliphatic heterocycles. The van der Waals surface area contributed by atoms with Gasteiger partial charge in [0.05, 0.1) is 18.8 Å². The molecule has 1 aromatic rings. The lowest BCUT2D eigenvalue weighted by Gasteiger charge is -2.19. The van der Waals surface area contributed by atoms with Crippen molar-refractivity contribution >= 4 is 29.9 Å². The normalized spacial score (nSPS) is 11.8. The first-order valence-electron chi connectivity index (χ1n) is 7.60. The number of rotatable bonds is 7. The molecule has 0 aromatic heterocycles. The van der Waals surface area contributed by atoms with E-state index in [1.807, 2.05) is 0 Å². The van der Waals surface area contributed by atoms with Crippen LogP contribution in [0, 0.1) is 0 Å². The molecule has 2 N–H and O–H groups in total. The molecule has 1 aromatic carbocycles. The van der Waals surface area contributed by atoms with Crippen molar-refractivity contribution in [2.45, 2.75) is 39.5 Å². The second-order valence-electron chi connectivity index (χ2n) is 6.07. The lowest BCUT2D eigenvalue weighted by atomic mass is 10.1. The fourth-order valence-electron chi connectivity index (χ4n) is 1.81. The number of nitrogens with zero attached hydrogens (tertiary/aromatic N) is 1. The molecule has 0 amide bonds. The Hall–Kier alpha value is -0.860. The van der Waals surface area contributed by atoms with E-state index in [9.17, 15) is 0 Å². The molecule has 0 bridgehead atoms. The number of guanidine groups is 1. The third kappa shape index (κ3) is 10.5. The number of ether oxygens (including phenoxy) is 2. The molecular formula is C17H30IN3O2. The van der Waals surface area contributed by atoms with Crippen molar-refractivity contribution in [2.75, 3.05) is 27.3 Å². The Kier molecular flexibility index (Phi) is 11.2. The Morgan fingerprint density at radius 1 is 1.17 bits per heavy atom. The molecule has 5 nitrogen and oxygen atoms in total. The second kappa shape index (κ2) is 11.6. The lowest BCUT2D eigenvalue weighted by Crippen LogP contribution is -2.38. The SMILES string of the molecule is CN=C(NCCOC)NCc1cccc(COC(C)(C)C)c1.I. The van der Waals surface area contributed by atoms with Crippen molar-refractivity contribution in [3.63, 3.8) is 0 Å². The molecule has 0 atom stereocenters. The Labute approximate surface area is 157 Å². The Balaban J connectivity index is 0.00000484. The zero-order chi connectivity index (χ0) is 16.4. The van der Waals surface area contributed by atoms with Crippen molar-refractivity contribution in [2.24, 2.45) is 4.99 Å². The molecule has 23 heavy (non-hydrogen) atoms. The minimum Gasteiger partial charge on any atom is -0.383 e. The fourth-order valence-corrected chi connectivity index (χ4v) is 1.81. The maximum atomic E-state index is 5.81. The van der Waals surface area contributed by atoms with E-state index < -0.39 is 0 Å². The fraction of sp³-hybridized carbons (Fsp3) is 0.588. The van der Waals surface area contributed by atoms with Crippen LogP contribution in [-0.2, 0) is 22.6 Å². The van der Waals surface area contributed by atoms with Gasteiger partial charge in [-0.3, -0.25) is 4.99 Å². The molecule has 1 rings (SSSR count). The molecule has 6 heteroatoms. The van der Waals surface area contributed by atoms with E-state index in [0.29, 0.717) is 13.2 Å². The average molecular weight is 435 g/mol. The highest BCUT2D eigenvalue weighted by atomic mass is 127. The number of aliphatic imine (C=N–C) groups is 1. The van der Waals surface area contributed by atoms with Gasteiger partial charge >= 0.3 is 0 Å². The van der Waals surface area contributed by atoms with E-state index in [-0.39, 0.29) is 29.6 Å². The van der Waals surface area contributed by atoms with E-state index in [2.05, 4.69) is 60.7 Å². The summed E-state index contributed by atoms with van der Waals surface area (Å²) in [5.41, 5.74) is 2.25. The van der Waals surface area contributed by atoms with Gasteiger partial charge in [0, 0.05) is 27.2 Å². The van der Waals surface area contributed by atoms with E-state index in [4.69, 9.17) is 9.47 Å². The van der Waals surface area contributed by atoms with Crippen molar-refractivity contribution in [3.05, 3.63) is 35.4 Å². The zero-order valence-corrected chi connectivity index (χ0v) is 17.1. The molecule has 0 saturated heterocycles. The van der Waals surface area contributed by atoms with Crippen molar-refractivity contribution in [1.29, 1.82) is 0 Å². The standard InChI is InChI=1S/C17H29N3O2.HI/c1-17(2,3)22-13-15-8-6-7-14(11-15)12-20-16(18-4)19-9-10-21-5;/h6-8,11H,9-10,12-13H2,1-5H3,(H2,18,19,20);1H. The molecule has 0 unspecified atom stereocenters. The summed E-state index contributed by atoms with van der Waals surface area (Å²) in [6, 6.07) is 8.39. The number of hydrogen-bond acceptors (Lipinski definition) is 3. The summed E-state index contributed by atoms with van der Waals surface area (Å²) in [4.78, 5) is 4.18. The van der Waals surface area contributed by atoms with Gasteiger partial charge in [0.25, 0.3) is 0 Å². The molecule has 0 spiro atoms. The number of benzene rings is 1. The first-order valence-corrected chi connectivity index (χ1v) is 7.60. The molecule has 0 aliphatic carbocycles. The average Bonchev–Trinajstić information content (AvgIpc) is 2.48. The third-order valence-electron chi connectivity index (χ3n) is 2.95. The molecular weight excluding hydrogens is 405 g/mol. The largest absolute Gasteiger partial charge is 0.383 e. The smallest absolute Gasteiger partial charge is 0.191 e. The second-order valence-corrected chi connectivity index (χ2v) is 6.07. The molecule has 0 fully saturated rings. The van der Waals surface area contributed by atoms with Crippen LogP contribution < -0.4 is 10.6 Å². The van der Waals surface area contributed by atoms with Crippen molar-refractivity contribution in [3.8, 4) is 0 Å². The lowest BCUT2D eigenvalue weighted by molar-refractivity contribution is -0.0149. The quantitative estimate of drug-likeness (QED) is 0.299. The third-order valence-corrected chi connectivity index (χ3v) is 2.95. The van der Waals surface area contributed by atoms with E-state index >= 15 is 0 Å². The van der Waals surface area contributed by atoms with Gasteiger partial charge in [-0.15, -0.1) is 24.0 Å². The number of halogens is 1. The van der Waals surface area contributed by atoms with Crippen LogP contribution in [0.4, 0.5) is 0 Å². The summed E-state index contributed by atoms with van der Waals surface area (Å²) >= 11 is 0. The van der Waals surface area contributed by atoms with Gasteiger partial charge < -0.3 is 20.1 Å². The molecule has 0 saturated carbocycles. The first-order chi connectivity index (χ1) is 10.4. The van der Waals surface area contributed by atoms with Crippen LogP contribution in [0.1, 0.15) is 31.9 Å². The van der Waals surface area contributed by atoms with Gasteiger partial charge in [-0.1, -0.05) is 24.3 Å². The van der Waals surface area contributed by atoms with Crippen molar-refractivity contribution < 1.29 is 9.47 Å². The van der Waals surface area contributed by atoms with E-state index in [1.165, 1.54) is 11.1 Å². The van der Waals surface area contributed by atoms with Crippen molar-refractivity contribution in [1.82, 2.24) is 10.6 Å². The number of nitrogens with one attached hydrogen (secondary N) is 2. The molecule has 0 aliphatic rings. The van der Waals surface area contributed by atoms with Crippen LogP contribution in [0.25, 0.3) is 0 Å². The van der Waals surface area contributed by atoms with Gasteiger partial charge in [-0.05, 0) is 31.9 Å². The van der Waals surface area contributed by atoms with Crippen LogP contribution in [-0.4, -0.2) is 38.9 Å². The molecule has 132 valence electrons. The predicted molar refractivity (Wildman–Crippen MR) is 106 cm³/mol. The highest BCUT2D eigenvalue weighted by Gasteiger charge is 2.10. The van der Waals surface area contributed by atoms with E-state index in [0.717, 1.165) is 19.0 Å². The van der Waals surface area contributed by atoms with Gasteiger partial charge in [0.1, 0.15) is 0 Å². The van der Waals surface area contributed by atoms with Crippen LogP contribution in [0.3, 0.4) is 0 Å². The van der Waals surface area contributed by atoms with Gasteiger partial charge in [0.2, 0.25) is 0 Å². The topological polar surface area (TPSA) is 54.9 Å². The number of hydrogen-bond donors (Lipinski definition) is 2. The minimum atomic E-state index is -0.123. The van der Waals surface area contributed by atoms with Gasteiger partial charge in [-0.25, -0.2) is 0 Å². The Morgan fingerprint density at radius 2 is 1.87 bits per heavy atom. The molecule has 0 radical (unpaired) electrons. The molecule has 0 heterocycles. The summed E-state index contributed by atoms with van der Waals surface area (Å²) in [5, 5.41) is 6.48. The maximum absolute atomic E-state index is 5.81. The highest BCUT2D eigenvalue weighted by Crippen LogP contribution is 2.13. The Morgan fingerprint density at radius 3 is 2.48 bits per heavy atom. The van der Waals surface area contributed by atoms with Gasteiger partial charge in [0.15, 0.2) is 5.96 Å². The highest BCUT2D eigenvalue weighted by molar-refractivity contribution is 14.0.